The van der Waals surface area contributed by atoms with Crippen LogP contribution in [0.3, 0.4) is 0 Å². The molecule has 0 amide bonds. The number of nitrogens with two attached hydrogens (primary N) is 1. The van der Waals surface area contributed by atoms with Crippen molar-refractivity contribution < 1.29 is 16.8 Å². The summed E-state index contributed by atoms with van der Waals surface area (Å²) in [6.45, 7) is 1.67. The first kappa shape index (κ1) is 14.4. The zero-order chi connectivity index (χ0) is 14.3. The fraction of sp³-hybridized carbons (Fsp3) is 0.455. The van der Waals surface area contributed by atoms with Crippen molar-refractivity contribution >= 4 is 20.0 Å². The van der Waals surface area contributed by atoms with Crippen LogP contribution in [0.15, 0.2) is 29.2 Å². The van der Waals surface area contributed by atoms with Crippen LogP contribution in [0.5, 0.6) is 0 Å². The van der Waals surface area contributed by atoms with Crippen LogP contribution in [0.2, 0.25) is 0 Å². The molecule has 1 atom stereocenters. The molecule has 1 saturated carbocycles. The van der Waals surface area contributed by atoms with Gasteiger partial charge >= 0.3 is 0 Å². The highest BCUT2D eigenvalue weighted by Gasteiger charge is 2.36. The van der Waals surface area contributed by atoms with Gasteiger partial charge in [0.05, 0.1) is 10.1 Å². The highest BCUT2D eigenvalue weighted by Crippen LogP contribution is 2.29. The molecule has 0 bridgehead atoms. The highest BCUT2D eigenvalue weighted by atomic mass is 32.2. The number of hydrogen-bond acceptors (Lipinski definition) is 4. The Kier molecular flexibility index (Phi) is 3.69. The Hall–Kier alpha value is -0.960. The van der Waals surface area contributed by atoms with Crippen molar-refractivity contribution in [3.8, 4) is 0 Å². The summed E-state index contributed by atoms with van der Waals surface area (Å²) in [7, 11) is -7.10. The molecule has 1 aromatic rings. The van der Waals surface area contributed by atoms with Crippen molar-refractivity contribution in [2.24, 2.45) is 5.14 Å². The minimum Gasteiger partial charge on any atom is -0.225 e. The third-order valence-corrected chi connectivity index (χ3v) is 5.93. The van der Waals surface area contributed by atoms with E-state index in [1.54, 1.807) is 13.0 Å². The summed E-state index contributed by atoms with van der Waals surface area (Å²) in [5.41, 5.74) is 0.566. The molecule has 0 aliphatic heterocycles. The van der Waals surface area contributed by atoms with Crippen molar-refractivity contribution in [2.45, 2.75) is 36.0 Å². The molecule has 1 aliphatic carbocycles. The van der Waals surface area contributed by atoms with Crippen molar-refractivity contribution in [1.29, 1.82) is 0 Å². The molecule has 19 heavy (non-hydrogen) atoms. The first-order chi connectivity index (χ1) is 8.70. The lowest BCUT2D eigenvalue weighted by atomic mass is 10.1. The zero-order valence-corrected chi connectivity index (χ0v) is 12.0. The van der Waals surface area contributed by atoms with Gasteiger partial charge in [0, 0.05) is 6.04 Å². The normalized spacial score (nSPS) is 18.2. The Morgan fingerprint density at radius 1 is 1.26 bits per heavy atom. The maximum Gasteiger partial charge on any atom is 0.238 e. The van der Waals surface area contributed by atoms with E-state index in [0.29, 0.717) is 18.4 Å². The van der Waals surface area contributed by atoms with E-state index in [1.807, 2.05) is 0 Å². The number of benzene rings is 1. The molecule has 3 N–H and O–H groups in total. The van der Waals surface area contributed by atoms with Gasteiger partial charge in [-0.05, 0) is 37.5 Å². The average Bonchev–Trinajstić information content (AvgIpc) is 3.11. The standard InChI is InChI=1S/C11H16N2O4S2/c1-8(13-19(16,17)10-5-6-10)9-3-2-4-11(7-9)18(12,14)15/h2-4,7-8,10,13H,5-6H2,1H3,(H2,12,14,15). The fourth-order valence-electron chi connectivity index (χ4n) is 1.75. The average molecular weight is 304 g/mol. The van der Waals surface area contributed by atoms with Crippen LogP contribution in [0.1, 0.15) is 31.4 Å². The molecule has 6 nitrogen and oxygen atoms in total. The molecule has 2 rings (SSSR count). The Balaban J connectivity index is 2.22. The van der Waals surface area contributed by atoms with Gasteiger partial charge in [0.25, 0.3) is 0 Å². The van der Waals surface area contributed by atoms with E-state index in [4.69, 9.17) is 5.14 Å². The van der Waals surface area contributed by atoms with Crippen molar-refractivity contribution in [3.05, 3.63) is 29.8 Å². The number of hydrogen-bond donors (Lipinski definition) is 2. The van der Waals surface area contributed by atoms with Crippen molar-refractivity contribution in [3.63, 3.8) is 0 Å². The van der Waals surface area contributed by atoms with Crippen LogP contribution in [-0.2, 0) is 20.0 Å². The van der Waals surface area contributed by atoms with Gasteiger partial charge in [-0.3, -0.25) is 0 Å². The second-order valence-electron chi connectivity index (χ2n) is 4.70. The Morgan fingerprint density at radius 3 is 2.42 bits per heavy atom. The van der Waals surface area contributed by atoms with Gasteiger partial charge in [0.1, 0.15) is 0 Å². The predicted octanol–water partition coefficient (Wildman–Crippen LogP) is 0.477. The summed E-state index contributed by atoms with van der Waals surface area (Å²) in [6, 6.07) is 5.47. The van der Waals surface area contributed by atoms with Gasteiger partial charge in [0.2, 0.25) is 20.0 Å². The van der Waals surface area contributed by atoms with Crippen molar-refractivity contribution in [1.82, 2.24) is 4.72 Å². The SMILES string of the molecule is CC(NS(=O)(=O)C1CC1)c1cccc(S(N)(=O)=O)c1. The van der Waals surface area contributed by atoms with Crippen LogP contribution >= 0.6 is 0 Å². The van der Waals surface area contributed by atoms with E-state index in [2.05, 4.69) is 4.72 Å². The third-order valence-electron chi connectivity index (χ3n) is 2.99. The molecule has 0 radical (unpaired) electrons. The fourth-order valence-corrected chi connectivity index (χ4v) is 3.90. The minimum atomic E-state index is -3.78. The number of sulfonamides is 2. The second kappa shape index (κ2) is 4.86. The van der Waals surface area contributed by atoms with Gasteiger partial charge in [-0.1, -0.05) is 12.1 Å². The molecule has 8 heteroatoms. The number of rotatable bonds is 5. The largest absolute Gasteiger partial charge is 0.238 e. The smallest absolute Gasteiger partial charge is 0.225 e. The molecule has 0 saturated heterocycles. The maximum absolute atomic E-state index is 11.8. The van der Waals surface area contributed by atoms with E-state index in [9.17, 15) is 16.8 Å². The van der Waals surface area contributed by atoms with Crippen LogP contribution in [-0.4, -0.2) is 22.1 Å². The predicted molar refractivity (Wildman–Crippen MR) is 71.3 cm³/mol. The molecule has 1 aliphatic rings. The maximum atomic E-state index is 11.8. The third kappa shape index (κ3) is 3.53. The zero-order valence-electron chi connectivity index (χ0n) is 10.4. The van der Waals surface area contributed by atoms with Crippen molar-refractivity contribution in [2.75, 3.05) is 0 Å². The lowest BCUT2D eigenvalue weighted by Gasteiger charge is -2.15. The number of primary sulfonamides is 1. The first-order valence-electron chi connectivity index (χ1n) is 5.84. The monoisotopic (exact) mass is 304 g/mol. The molecular weight excluding hydrogens is 288 g/mol. The van der Waals surface area contributed by atoms with E-state index in [-0.39, 0.29) is 10.1 Å². The summed E-state index contributed by atoms with van der Waals surface area (Å²) in [5, 5.41) is 4.74. The number of nitrogens with one attached hydrogen (secondary N) is 1. The Labute approximate surface area is 113 Å². The molecule has 0 heterocycles. The molecule has 0 spiro atoms. The molecular formula is C11H16N2O4S2. The first-order valence-corrected chi connectivity index (χ1v) is 8.93. The Morgan fingerprint density at radius 2 is 1.89 bits per heavy atom. The lowest BCUT2D eigenvalue weighted by molar-refractivity contribution is 0.565. The molecule has 1 fully saturated rings. The summed E-state index contributed by atoms with van der Waals surface area (Å²) in [6.07, 6.45) is 1.36. The van der Waals surface area contributed by atoms with Crippen LogP contribution in [0, 0.1) is 0 Å². The molecule has 106 valence electrons. The van der Waals surface area contributed by atoms with Gasteiger partial charge in [-0.2, -0.15) is 0 Å². The molecule has 1 unspecified atom stereocenters. The summed E-state index contributed by atoms with van der Waals surface area (Å²) in [5.74, 6) is 0. The quantitative estimate of drug-likeness (QED) is 0.825. The van der Waals surface area contributed by atoms with Crippen LogP contribution in [0.4, 0.5) is 0 Å². The van der Waals surface area contributed by atoms with Gasteiger partial charge in [0.15, 0.2) is 0 Å². The Bertz CT molecular complexity index is 678. The van der Waals surface area contributed by atoms with Crippen LogP contribution < -0.4 is 9.86 Å². The minimum absolute atomic E-state index is 0.0255. The molecule has 1 aromatic carbocycles. The van der Waals surface area contributed by atoms with Crippen LogP contribution in [0.25, 0.3) is 0 Å². The van der Waals surface area contributed by atoms with E-state index in [1.165, 1.54) is 18.2 Å². The highest BCUT2D eigenvalue weighted by molar-refractivity contribution is 7.90. The summed E-state index contributed by atoms with van der Waals surface area (Å²) < 4.78 is 48.7. The second-order valence-corrected chi connectivity index (χ2v) is 8.26. The van der Waals surface area contributed by atoms with Gasteiger partial charge in [-0.15, -0.1) is 0 Å². The lowest BCUT2D eigenvalue weighted by Crippen LogP contribution is -2.30. The molecule has 0 aromatic heterocycles. The van der Waals surface area contributed by atoms with E-state index < -0.39 is 26.1 Å². The van der Waals surface area contributed by atoms with E-state index >= 15 is 0 Å². The van der Waals surface area contributed by atoms with E-state index in [0.717, 1.165) is 0 Å². The topological polar surface area (TPSA) is 106 Å². The summed E-state index contributed by atoms with van der Waals surface area (Å²) >= 11 is 0. The van der Waals surface area contributed by atoms with Gasteiger partial charge < -0.3 is 0 Å². The summed E-state index contributed by atoms with van der Waals surface area (Å²) in [4.78, 5) is -0.0255. The van der Waals surface area contributed by atoms with Gasteiger partial charge in [-0.25, -0.2) is 26.7 Å².